The van der Waals surface area contributed by atoms with E-state index in [0.29, 0.717) is 25.2 Å². The molecule has 0 N–H and O–H groups in total. The predicted octanol–water partition coefficient (Wildman–Crippen LogP) is 4.20. The van der Waals surface area contributed by atoms with Crippen LogP contribution < -0.4 is 4.74 Å². The van der Waals surface area contributed by atoms with Crippen LogP contribution in [0.3, 0.4) is 0 Å². The third-order valence-corrected chi connectivity index (χ3v) is 3.53. The van der Waals surface area contributed by atoms with Gasteiger partial charge in [-0.2, -0.15) is 0 Å². The van der Waals surface area contributed by atoms with Gasteiger partial charge in [-0.1, -0.05) is 15.9 Å². The molecule has 0 atom stereocenters. The number of aromatic nitrogens is 2. The van der Waals surface area contributed by atoms with E-state index in [1.807, 2.05) is 39.8 Å². The SMILES string of the molecule is Cc1ncnc2c(OCCCC(=O)OC(C)(C)C)cc(Br)cc12. The van der Waals surface area contributed by atoms with Gasteiger partial charge in [-0.15, -0.1) is 0 Å². The second kappa shape index (κ2) is 7.25. The van der Waals surface area contributed by atoms with Crippen molar-refractivity contribution in [2.24, 2.45) is 0 Å². The highest BCUT2D eigenvalue weighted by molar-refractivity contribution is 9.10. The molecule has 2 rings (SSSR count). The third-order valence-electron chi connectivity index (χ3n) is 3.07. The predicted molar refractivity (Wildman–Crippen MR) is 92.5 cm³/mol. The quantitative estimate of drug-likeness (QED) is 0.574. The maximum Gasteiger partial charge on any atom is 0.306 e. The van der Waals surface area contributed by atoms with E-state index < -0.39 is 5.60 Å². The van der Waals surface area contributed by atoms with Crippen LogP contribution >= 0.6 is 15.9 Å². The summed E-state index contributed by atoms with van der Waals surface area (Å²) >= 11 is 3.47. The van der Waals surface area contributed by atoms with Gasteiger partial charge in [-0.05, 0) is 46.2 Å². The standard InChI is InChI=1S/C17H21BrN2O3/c1-11-13-8-12(18)9-14(16(13)20-10-19-11)22-7-5-6-15(21)23-17(2,3)4/h8-10H,5-7H2,1-4H3. The molecule has 0 bridgehead atoms. The minimum Gasteiger partial charge on any atom is -0.491 e. The Labute approximate surface area is 144 Å². The number of hydrogen-bond acceptors (Lipinski definition) is 5. The smallest absolute Gasteiger partial charge is 0.306 e. The molecule has 0 fully saturated rings. The maximum atomic E-state index is 11.7. The number of fused-ring (bicyclic) bond motifs is 1. The lowest BCUT2D eigenvalue weighted by atomic mass is 10.2. The molecular formula is C17H21BrN2O3. The van der Waals surface area contributed by atoms with Gasteiger partial charge in [0, 0.05) is 22.0 Å². The number of hydrogen-bond donors (Lipinski definition) is 0. The van der Waals surface area contributed by atoms with E-state index >= 15 is 0 Å². The molecule has 0 amide bonds. The number of esters is 1. The Morgan fingerprint density at radius 1 is 1.26 bits per heavy atom. The molecule has 6 heteroatoms. The lowest BCUT2D eigenvalue weighted by Gasteiger charge is -2.19. The van der Waals surface area contributed by atoms with Gasteiger partial charge in [-0.25, -0.2) is 9.97 Å². The zero-order valence-corrected chi connectivity index (χ0v) is 15.4. The van der Waals surface area contributed by atoms with Crippen LogP contribution in [0.5, 0.6) is 5.75 Å². The Balaban J connectivity index is 1.98. The van der Waals surface area contributed by atoms with Crippen LogP contribution in [0, 0.1) is 6.92 Å². The zero-order chi connectivity index (χ0) is 17.0. The van der Waals surface area contributed by atoms with Crippen LogP contribution in [-0.4, -0.2) is 28.1 Å². The monoisotopic (exact) mass is 380 g/mol. The summed E-state index contributed by atoms with van der Waals surface area (Å²) in [5.74, 6) is 0.474. The number of carbonyl (C=O) groups excluding carboxylic acids is 1. The fourth-order valence-electron chi connectivity index (χ4n) is 2.13. The van der Waals surface area contributed by atoms with E-state index in [1.165, 1.54) is 6.33 Å². The molecule has 0 aliphatic heterocycles. The number of benzene rings is 1. The summed E-state index contributed by atoms with van der Waals surface area (Å²) in [6, 6.07) is 3.85. The van der Waals surface area contributed by atoms with Gasteiger partial charge in [0.15, 0.2) is 0 Å². The van der Waals surface area contributed by atoms with Gasteiger partial charge >= 0.3 is 5.97 Å². The van der Waals surface area contributed by atoms with Gasteiger partial charge in [0.25, 0.3) is 0 Å². The third kappa shape index (κ3) is 5.16. The first-order chi connectivity index (χ1) is 10.8. The Morgan fingerprint density at radius 2 is 2.00 bits per heavy atom. The fourth-order valence-corrected chi connectivity index (χ4v) is 2.56. The molecule has 0 radical (unpaired) electrons. The minimum absolute atomic E-state index is 0.210. The minimum atomic E-state index is -0.452. The number of aryl methyl sites for hydroxylation is 1. The van der Waals surface area contributed by atoms with E-state index in [-0.39, 0.29) is 5.97 Å². The summed E-state index contributed by atoms with van der Waals surface area (Å²) in [5, 5.41) is 0.948. The van der Waals surface area contributed by atoms with Crippen LogP contribution in [0.1, 0.15) is 39.3 Å². The van der Waals surface area contributed by atoms with E-state index in [4.69, 9.17) is 9.47 Å². The molecule has 5 nitrogen and oxygen atoms in total. The highest BCUT2D eigenvalue weighted by Crippen LogP contribution is 2.29. The molecule has 0 aliphatic carbocycles. The van der Waals surface area contributed by atoms with Crippen LogP contribution in [0.15, 0.2) is 22.9 Å². The van der Waals surface area contributed by atoms with Gasteiger partial charge in [0.1, 0.15) is 23.2 Å². The molecule has 124 valence electrons. The highest BCUT2D eigenvalue weighted by Gasteiger charge is 2.16. The van der Waals surface area contributed by atoms with Crippen molar-refractivity contribution in [1.29, 1.82) is 0 Å². The van der Waals surface area contributed by atoms with Crippen molar-refractivity contribution in [3.05, 3.63) is 28.6 Å². The Morgan fingerprint density at radius 3 is 2.70 bits per heavy atom. The first kappa shape index (κ1) is 17.7. The summed E-state index contributed by atoms with van der Waals surface area (Å²) in [5.41, 5.74) is 1.22. The van der Waals surface area contributed by atoms with Crippen molar-refractivity contribution in [3.63, 3.8) is 0 Å². The molecule has 0 aliphatic rings. The van der Waals surface area contributed by atoms with Crippen molar-refractivity contribution in [1.82, 2.24) is 9.97 Å². The maximum absolute atomic E-state index is 11.7. The summed E-state index contributed by atoms with van der Waals surface area (Å²) in [6.45, 7) is 7.93. The second-order valence-corrected chi connectivity index (χ2v) is 7.21. The van der Waals surface area contributed by atoms with Gasteiger partial charge in [0.2, 0.25) is 0 Å². The van der Waals surface area contributed by atoms with Crippen molar-refractivity contribution in [2.75, 3.05) is 6.61 Å². The van der Waals surface area contributed by atoms with Gasteiger partial charge < -0.3 is 9.47 Å². The number of ether oxygens (including phenoxy) is 2. The van der Waals surface area contributed by atoms with Crippen molar-refractivity contribution < 1.29 is 14.3 Å². The number of halogens is 1. The van der Waals surface area contributed by atoms with Crippen LogP contribution in [-0.2, 0) is 9.53 Å². The van der Waals surface area contributed by atoms with Crippen molar-refractivity contribution in [3.8, 4) is 5.75 Å². The number of rotatable bonds is 5. The average Bonchev–Trinajstić information content (AvgIpc) is 2.42. The topological polar surface area (TPSA) is 61.3 Å². The molecule has 23 heavy (non-hydrogen) atoms. The lowest BCUT2D eigenvalue weighted by Crippen LogP contribution is -2.23. The number of nitrogens with zero attached hydrogens (tertiary/aromatic N) is 2. The number of carbonyl (C=O) groups is 1. The van der Waals surface area contributed by atoms with Gasteiger partial charge in [-0.3, -0.25) is 4.79 Å². The van der Waals surface area contributed by atoms with E-state index in [2.05, 4.69) is 25.9 Å². The summed E-state index contributed by atoms with van der Waals surface area (Å²) in [4.78, 5) is 20.2. The molecule has 1 aromatic carbocycles. The Bertz CT molecular complexity index is 711. The van der Waals surface area contributed by atoms with Crippen LogP contribution in [0.2, 0.25) is 0 Å². The Kier molecular flexibility index (Phi) is 5.57. The molecule has 1 heterocycles. The first-order valence-corrected chi connectivity index (χ1v) is 8.31. The molecule has 0 saturated heterocycles. The van der Waals surface area contributed by atoms with Crippen molar-refractivity contribution >= 4 is 32.8 Å². The first-order valence-electron chi connectivity index (χ1n) is 7.52. The molecule has 1 aromatic heterocycles. The van der Waals surface area contributed by atoms with E-state index in [0.717, 1.165) is 21.1 Å². The molecule has 0 saturated carbocycles. The van der Waals surface area contributed by atoms with Crippen LogP contribution in [0.4, 0.5) is 0 Å². The molecule has 2 aromatic rings. The Hall–Kier alpha value is -1.69. The largest absolute Gasteiger partial charge is 0.491 e. The highest BCUT2D eigenvalue weighted by atomic mass is 79.9. The fraction of sp³-hybridized carbons (Fsp3) is 0.471. The normalized spacial score (nSPS) is 11.5. The lowest BCUT2D eigenvalue weighted by molar-refractivity contribution is -0.155. The van der Waals surface area contributed by atoms with E-state index in [9.17, 15) is 4.79 Å². The molecule has 0 spiro atoms. The van der Waals surface area contributed by atoms with Gasteiger partial charge in [0.05, 0.1) is 6.61 Å². The van der Waals surface area contributed by atoms with Crippen molar-refractivity contribution in [2.45, 2.75) is 46.1 Å². The molecule has 0 unspecified atom stereocenters. The van der Waals surface area contributed by atoms with Crippen LogP contribution in [0.25, 0.3) is 10.9 Å². The summed E-state index contributed by atoms with van der Waals surface area (Å²) < 4.78 is 12.0. The average molecular weight is 381 g/mol. The zero-order valence-electron chi connectivity index (χ0n) is 13.9. The summed E-state index contributed by atoms with van der Waals surface area (Å²) in [7, 11) is 0. The molecular weight excluding hydrogens is 360 g/mol. The summed E-state index contributed by atoms with van der Waals surface area (Å²) in [6.07, 6.45) is 2.45. The second-order valence-electron chi connectivity index (χ2n) is 6.30. The van der Waals surface area contributed by atoms with E-state index in [1.54, 1.807) is 0 Å².